The molecule has 0 amide bonds. The first-order valence-electron chi connectivity index (χ1n) is 7.31. The van der Waals surface area contributed by atoms with E-state index in [1.54, 1.807) is 18.3 Å². The predicted molar refractivity (Wildman–Crippen MR) is 101 cm³/mol. The van der Waals surface area contributed by atoms with Gasteiger partial charge in [0, 0.05) is 21.2 Å². The van der Waals surface area contributed by atoms with Gasteiger partial charge in [-0.15, -0.1) is 0 Å². The van der Waals surface area contributed by atoms with Crippen molar-refractivity contribution in [1.82, 2.24) is 10.3 Å². The Kier molecular flexibility index (Phi) is 4.47. The fourth-order valence-corrected chi connectivity index (χ4v) is 3.18. The number of benzene rings is 1. The highest BCUT2D eigenvalue weighted by molar-refractivity contribution is 6.35. The van der Waals surface area contributed by atoms with Crippen molar-refractivity contribution in [1.29, 1.82) is 10.5 Å². The first kappa shape index (κ1) is 17.6. The number of nitrogens with one attached hydrogen (secondary N) is 2. The number of anilines is 3. The molecular formula is C16H12Cl2N8. The van der Waals surface area contributed by atoms with Crippen LogP contribution < -0.4 is 22.1 Å². The molecule has 1 aliphatic heterocycles. The van der Waals surface area contributed by atoms with Gasteiger partial charge in [-0.1, -0.05) is 29.3 Å². The van der Waals surface area contributed by atoms with Crippen LogP contribution in [0.2, 0.25) is 10.0 Å². The largest absolute Gasteiger partial charge is 0.397 e. The standard InChI is InChI=1S/C16H12Cl2N8/c1-6-2-7(10(18)3-9(6)17)13-11-12(21)8(4-19)14(22)25-15(11)26-16(24-13)23-5-20/h2-3,13H,1H3,(H6,21,22,23,24,25,26). The lowest BCUT2D eigenvalue weighted by Crippen LogP contribution is -2.32. The lowest BCUT2D eigenvalue weighted by atomic mass is 9.94. The zero-order valence-corrected chi connectivity index (χ0v) is 14.9. The van der Waals surface area contributed by atoms with Crippen molar-refractivity contribution in [2.24, 2.45) is 4.99 Å². The van der Waals surface area contributed by atoms with Gasteiger partial charge >= 0.3 is 0 Å². The summed E-state index contributed by atoms with van der Waals surface area (Å²) in [5, 5.41) is 24.4. The van der Waals surface area contributed by atoms with Gasteiger partial charge in [0.15, 0.2) is 6.19 Å². The van der Waals surface area contributed by atoms with Crippen molar-refractivity contribution >= 4 is 46.5 Å². The maximum atomic E-state index is 9.32. The number of nitriles is 2. The van der Waals surface area contributed by atoms with Crippen molar-refractivity contribution in [3.8, 4) is 12.3 Å². The number of aryl methyl sites for hydroxylation is 1. The van der Waals surface area contributed by atoms with E-state index in [1.165, 1.54) is 0 Å². The lowest BCUT2D eigenvalue weighted by molar-refractivity contribution is 0.845. The molecule has 26 heavy (non-hydrogen) atoms. The van der Waals surface area contributed by atoms with Crippen molar-refractivity contribution in [3.05, 3.63) is 44.4 Å². The SMILES string of the molecule is Cc1cc(C2N=C(NC#N)Nc3nc(N)c(C#N)c(N)c32)c(Cl)cc1Cl. The zero-order valence-electron chi connectivity index (χ0n) is 13.4. The van der Waals surface area contributed by atoms with Crippen LogP contribution in [-0.4, -0.2) is 10.9 Å². The molecule has 8 nitrogen and oxygen atoms in total. The summed E-state index contributed by atoms with van der Waals surface area (Å²) in [6, 6.07) is 4.63. The minimum Gasteiger partial charge on any atom is -0.397 e. The molecule has 6 N–H and O–H groups in total. The Morgan fingerprint density at radius 2 is 1.96 bits per heavy atom. The highest BCUT2D eigenvalue weighted by atomic mass is 35.5. The number of hydrogen-bond acceptors (Lipinski definition) is 8. The molecule has 0 radical (unpaired) electrons. The summed E-state index contributed by atoms with van der Waals surface area (Å²) < 4.78 is 0. The molecule has 2 heterocycles. The van der Waals surface area contributed by atoms with Crippen LogP contribution in [0.15, 0.2) is 17.1 Å². The number of nitrogen functional groups attached to an aromatic ring is 2. The van der Waals surface area contributed by atoms with Gasteiger partial charge in [-0.3, -0.25) is 5.32 Å². The van der Waals surface area contributed by atoms with E-state index in [4.69, 9.17) is 39.9 Å². The third kappa shape index (κ3) is 2.82. The summed E-state index contributed by atoms with van der Waals surface area (Å²) in [7, 11) is 0. The van der Waals surface area contributed by atoms with Crippen LogP contribution in [0.4, 0.5) is 17.3 Å². The fraction of sp³-hybridized carbons (Fsp3) is 0.125. The molecule has 10 heteroatoms. The number of guanidine groups is 1. The zero-order chi connectivity index (χ0) is 19.0. The highest BCUT2D eigenvalue weighted by Gasteiger charge is 2.31. The van der Waals surface area contributed by atoms with Crippen molar-refractivity contribution < 1.29 is 0 Å². The molecule has 3 rings (SSSR count). The van der Waals surface area contributed by atoms with Crippen LogP contribution in [0, 0.1) is 29.7 Å². The van der Waals surface area contributed by atoms with E-state index in [1.807, 2.05) is 13.0 Å². The monoisotopic (exact) mass is 386 g/mol. The molecule has 1 atom stereocenters. The molecule has 1 aromatic heterocycles. The number of hydrogen-bond donors (Lipinski definition) is 4. The van der Waals surface area contributed by atoms with Gasteiger partial charge in [-0.25, -0.2) is 9.98 Å². The Hall–Kier alpha value is -3.20. The topological polar surface area (TPSA) is 149 Å². The Morgan fingerprint density at radius 3 is 2.62 bits per heavy atom. The molecule has 1 aliphatic rings. The van der Waals surface area contributed by atoms with Gasteiger partial charge < -0.3 is 16.8 Å². The van der Waals surface area contributed by atoms with Crippen LogP contribution >= 0.6 is 23.2 Å². The summed E-state index contributed by atoms with van der Waals surface area (Å²) in [5.74, 6) is 0.427. The van der Waals surface area contributed by atoms with Crippen molar-refractivity contribution in [2.75, 3.05) is 16.8 Å². The van der Waals surface area contributed by atoms with Gasteiger partial charge in [0.2, 0.25) is 5.96 Å². The minimum absolute atomic E-state index is 0.0217. The molecule has 2 aromatic rings. The van der Waals surface area contributed by atoms with E-state index in [0.29, 0.717) is 27.0 Å². The molecule has 0 spiro atoms. The van der Waals surface area contributed by atoms with Crippen LogP contribution in [0.3, 0.4) is 0 Å². The van der Waals surface area contributed by atoms with E-state index >= 15 is 0 Å². The summed E-state index contributed by atoms with van der Waals surface area (Å²) >= 11 is 12.5. The first-order chi connectivity index (χ1) is 12.4. The molecule has 0 fully saturated rings. The summed E-state index contributed by atoms with van der Waals surface area (Å²) in [4.78, 5) is 8.64. The first-order valence-corrected chi connectivity index (χ1v) is 8.07. The summed E-state index contributed by atoms with van der Waals surface area (Å²) in [6.45, 7) is 1.83. The Labute approximate surface area is 159 Å². The number of halogens is 2. The predicted octanol–water partition coefficient (Wildman–Crippen LogP) is 2.67. The van der Waals surface area contributed by atoms with Crippen LogP contribution in [0.1, 0.15) is 28.3 Å². The van der Waals surface area contributed by atoms with Gasteiger partial charge in [-0.2, -0.15) is 10.5 Å². The Bertz CT molecular complexity index is 1030. The van der Waals surface area contributed by atoms with Crippen molar-refractivity contribution in [2.45, 2.75) is 13.0 Å². The van der Waals surface area contributed by atoms with Crippen LogP contribution in [0.25, 0.3) is 0 Å². The van der Waals surface area contributed by atoms with Crippen LogP contribution in [0.5, 0.6) is 0 Å². The molecule has 0 aliphatic carbocycles. The van der Waals surface area contributed by atoms with E-state index < -0.39 is 6.04 Å². The minimum atomic E-state index is -0.703. The quantitative estimate of drug-likeness (QED) is 0.434. The van der Waals surface area contributed by atoms with Gasteiger partial charge in [0.25, 0.3) is 0 Å². The van der Waals surface area contributed by atoms with Gasteiger partial charge in [0.1, 0.15) is 29.3 Å². The Morgan fingerprint density at radius 1 is 1.23 bits per heavy atom. The number of fused-ring (bicyclic) bond motifs is 1. The molecular weight excluding hydrogens is 375 g/mol. The average Bonchev–Trinajstić information content (AvgIpc) is 2.58. The Balaban J connectivity index is 2.30. The van der Waals surface area contributed by atoms with E-state index in [2.05, 4.69) is 20.6 Å². The number of nitrogens with zero attached hydrogens (tertiary/aromatic N) is 4. The molecule has 130 valence electrons. The lowest BCUT2D eigenvalue weighted by Gasteiger charge is -2.27. The fourth-order valence-electron chi connectivity index (χ4n) is 2.70. The second-order valence-corrected chi connectivity index (χ2v) is 6.34. The number of pyridine rings is 1. The second kappa shape index (κ2) is 6.60. The molecule has 0 bridgehead atoms. The average molecular weight is 387 g/mol. The molecule has 1 unspecified atom stereocenters. The summed E-state index contributed by atoms with van der Waals surface area (Å²) in [6.07, 6.45) is 1.79. The second-order valence-electron chi connectivity index (χ2n) is 5.52. The van der Waals surface area contributed by atoms with E-state index in [-0.39, 0.29) is 23.0 Å². The maximum absolute atomic E-state index is 9.32. The van der Waals surface area contributed by atoms with E-state index in [0.717, 1.165) is 5.56 Å². The highest BCUT2D eigenvalue weighted by Crippen LogP contribution is 2.43. The van der Waals surface area contributed by atoms with Gasteiger partial charge in [0.05, 0.1) is 5.69 Å². The molecule has 1 aromatic carbocycles. The van der Waals surface area contributed by atoms with Crippen LogP contribution in [-0.2, 0) is 0 Å². The smallest absolute Gasteiger partial charge is 0.211 e. The van der Waals surface area contributed by atoms with E-state index in [9.17, 15) is 5.26 Å². The maximum Gasteiger partial charge on any atom is 0.211 e. The molecule has 0 saturated heterocycles. The number of aromatic nitrogens is 1. The summed E-state index contributed by atoms with van der Waals surface area (Å²) in [5.41, 5.74) is 14.0. The third-order valence-corrected chi connectivity index (χ3v) is 4.66. The number of aliphatic imine (C=N–C) groups is 1. The molecule has 0 saturated carbocycles. The normalized spacial score (nSPS) is 15.1. The van der Waals surface area contributed by atoms with Crippen molar-refractivity contribution in [3.63, 3.8) is 0 Å². The third-order valence-electron chi connectivity index (χ3n) is 3.93. The number of nitrogens with two attached hydrogens (primary N) is 2. The number of rotatable bonds is 1. The van der Waals surface area contributed by atoms with Gasteiger partial charge in [-0.05, 0) is 18.6 Å².